The van der Waals surface area contributed by atoms with Gasteiger partial charge < -0.3 is 0 Å². The molecule has 0 amide bonds. The molecule has 0 fully saturated rings. The van der Waals surface area contributed by atoms with Crippen molar-refractivity contribution >= 4 is 23.3 Å². The summed E-state index contributed by atoms with van der Waals surface area (Å²) in [6, 6.07) is 16.6. The van der Waals surface area contributed by atoms with E-state index in [0.717, 1.165) is 23.1 Å². The van der Waals surface area contributed by atoms with Gasteiger partial charge in [0.05, 0.1) is 0 Å². The van der Waals surface area contributed by atoms with Crippen molar-refractivity contribution < 1.29 is 4.39 Å². The van der Waals surface area contributed by atoms with E-state index in [2.05, 4.69) is 18.2 Å². The predicted molar refractivity (Wildman–Crippen MR) is 76.1 cm³/mol. The van der Waals surface area contributed by atoms with Gasteiger partial charge in [-0.1, -0.05) is 48.5 Å². The Morgan fingerprint density at radius 3 is 2.28 bits per heavy atom. The van der Waals surface area contributed by atoms with Gasteiger partial charge >= 0.3 is 0 Å². The second kappa shape index (κ2) is 6.36. The first-order valence-electron chi connectivity index (χ1n) is 5.87. The molecule has 2 aromatic carbocycles. The number of allylic oxidation sites excluding steroid dienone is 1. The molecule has 18 heavy (non-hydrogen) atoms. The van der Waals surface area contributed by atoms with Gasteiger partial charge in [-0.2, -0.15) is 0 Å². The van der Waals surface area contributed by atoms with Crippen LogP contribution in [0.15, 0.2) is 54.6 Å². The number of hydrogen-bond acceptors (Lipinski definition) is 0. The number of halogens is 2. The summed E-state index contributed by atoms with van der Waals surface area (Å²) in [5, 5.41) is 0. The first-order chi connectivity index (χ1) is 8.79. The van der Waals surface area contributed by atoms with Crippen LogP contribution in [0.3, 0.4) is 0 Å². The van der Waals surface area contributed by atoms with Gasteiger partial charge in [-0.05, 0) is 35.3 Å². The van der Waals surface area contributed by atoms with E-state index in [4.69, 9.17) is 11.6 Å². The second-order valence-electron chi connectivity index (χ2n) is 4.03. The van der Waals surface area contributed by atoms with Gasteiger partial charge in [-0.25, -0.2) is 4.39 Å². The molecular formula is C16H14ClF. The van der Waals surface area contributed by atoms with Crippen LogP contribution in [0.5, 0.6) is 0 Å². The molecule has 2 heteroatoms. The zero-order valence-corrected chi connectivity index (χ0v) is 10.7. The van der Waals surface area contributed by atoms with E-state index in [1.165, 1.54) is 12.1 Å². The molecule has 0 bridgehead atoms. The Kier molecular flexibility index (Phi) is 4.54. The average Bonchev–Trinajstić information content (AvgIpc) is 2.42. The van der Waals surface area contributed by atoms with Crippen molar-refractivity contribution in [3.8, 4) is 0 Å². The summed E-state index contributed by atoms with van der Waals surface area (Å²) in [4.78, 5) is 0. The minimum atomic E-state index is -0.217. The minimum Gasteiger partial charge on any atom is -0.207 e. The van der Waals surface area contributed by atoms with Crippen molar-refractivity contribution in [2.75, 3.05) is 5.88 Å². The normalized spacial score (nSPS) is 11.6. The summed E-state index contributed by atoms with van der Waals surface area (Å²) in [6.07, 6.45) is 2.85. The lowest BCUT2D eigenvalue weighted by Crippen LogP contribution is -1.86. The fourth-order valence-electron chi connectivity index (χ4n) is 1.81. The molecular weight excluding hydrogens is 247 g/mol. The van der Waals surface area contributed by atoms with Gasteiger partial charge in [0, 0.05) is 5.88 Å². The van der Waals surface area contributed by atoms with E-state index in [1.807, 2.05) is 18.2 Å². The van der Waals surface area contributed by atoms with Crippen LogP contribution in [-0.2, 0) is 0 Å². The van der Waals surface area contributed by atoms with Crippen LogP contribution in [0.2, 0.25) is 0 Å². The lowest BCUT2D eigenvalue weighted by atomic mass is 10.0. The summed E-state index contributed by atoms with van der Waals surface area (Å²) < 4.78 is 12.9. The lowest BCUT2D eigenvalue weighted by molar-refractivity contribution is 0.628. The van der Waals surface area contributed by atoms with Crippen LogP contribution in [0.25, 0.3) is 11.6 Å². The highest BCUT2D eigenvalue weighted by Gasteiger charge is 2.01. The van der Waals surface area contributed by atoms with E-state index in [9.17, 15) is 4.39 Å². The van der Waals surface area contributed by atoms with Gasteiger partial charge in [0.25, 0.3) is 0 Å². The molecule has 0 saturated heterocycles. The van der Waals surface area contributed by atoms with Crippen LogP contribution < -0.4 is 0 Å². The maximum atomic E-state index is 12.9. The molecule has 0 saturated carbocycles. The Bertz CT molecular complexity index is 515. The van der Waals surface area contributed by atoms with Crippen LogP contribution in [-0.4, -0.2) is 5.88 Å². The molecule has 0 unspecified atom stereocenters. The quantitative estimate of drug-likeness (QED) is 0.536. The van der Waals surface area contributed by atoms with Gasteiger partial charge in [-0.15, -0.1) is 11.6 Å². The van der Waals surface area contributed by atoms with Crippen molar-refractivity contribution in [3.05, 3.63) is 71.5 Å². The Morgan fingerprint density at radius 1 is 1.00 bits per heavy atom. The molecule has 0 heterocycles. The maximum absolute atomic E-state index is 12.9. The number of hydrogen-bond donors (Lipinski definition) is 0. The summed E-state index contributed by atoms with van der Waals surface area (Å²) in [5.74, 6) is 0.354. The van der Waals surface area contributed by atoms with E-state index in [-0.39, 0.29) is 5.82 Å². The highest BCUT2D eigenvalue weighted by atomic mass is 35.5. The Hall–Kier alpha value is -1.60. The first kappa shape index (κ1) is 12.8. The number of rotatable bonds is 4. The molecule has 0 spiro atoms. The SMILES string of the molecule is Fc1ccc(C=C(CCCl)c2ccccc2)cc1. The van der Waals surface area contributed by atoms with Crippen LogP contribution >= 0.6 is 11.6 Å². The molecule has 0 radical (unpaired) electrons. The molecule has 2 rings (SSSR count). The van der Waals surface area contributed by atoms with E-state index in [1.54, 1.807) is 12.1 Å². The maximum Gasteiger partial charge on any atom is 0.123 e. The molecule has 0 aliphatic heterocycles. The van der Waals surface area contributed by atoms with Crippen LogP contribution in [0, 0.1) is 5.82 Å². The summed E-state index contributed by atoms with van der Waals surface area (Å²) in [7, 11) is 0. The first-order valence-corrected chi connectivity index (χ1v) is 6.40. The fourth-order valence-corrected chi connectivity index (χ4v) is 2.02. The van der Waals surface area contributed by atoms with Gasteiger partial charge in [0.15, 0.2) is 0 Å². The topological polar surface area (TPSA) is 0 Å². The van der Waals surface area contributed by atoms with Crippen molar-refractivity contribution in [2.45, 2.75) is 6.42 Å². The van der Waals surface area contributed by atoms with Crippen molar-refractivity contribution in [2.24, 2.45) is 0 Å². The number of benzene rings is 2. The second-order valence-corrected chi connectivity index (χ2v) is 4.40. The summed E-state index contributed by atoms with van der Waals surface area (Å²) in [5.41, 5.74) is 3.31. The van der Waals surface area contributed by atoms with Gasteiger partial charge in [0.1, 0.15) is 5.82 Å². The Labute approximate surface area is 112 Å². The monoisotopic (exact) mass is 260 g/mol. The third kappa shape index (κ3) is 3.44. The molecule has 0 aromatic heterocycles. The molecule has 0 N–H and O–H groups in total. The molecule has 2 aromatic rings. The standard InChI is InChI=1S/C16H14ClF/c17-11-10-15(14-4-2-1-3-5-14)12-13-6-8-16(18)9-7-13/h1-9,12H,10-11H2. The minimum absolute atomic E-state index is 0.217. The fraction of sp³-hybridized carbons (Fsp3) is 0.125. The molecule has 0 aliphatic carbocycles. The summed E-state index contributed by atoms with van der Waals surface area (Å²) in [6.45, 7) is 0. The highest BCUT2D eigenvalue weighted by Crippen LogP contribution is 2.22. The Morgan fingerprint density at radius 2 is 1.67 bits per heavy atom. The van der Waals surface area contributed by atoms with Crippen LogP contribution in [0.4, 0.5) is 4.39 Å². The molecule has 92 valence electrons. The van der Waals surface area contributed by atoms with Crippen molar-refractivity contribution in [1.29, 1.82) is 0 Å². The van der Waals surface area contributed by atoms with Crippen molar-refractivity contribution in [1.82, 2.24) is 0 Å². The van der Waals surface area contributed by atoms with Gasteiger partial charge in [-0.3, -0.25) is 0 Å². The molecule has 0 atom stereocenters. The molecule has 0 aliphatic rings. The van der Waals surface area contributed by atoms with Crippen LogP contribution in [0.1, 0.15) is 17.5 Å². The zero-order valence-electron chi connectivity index (χ0n) is 9.94. The third-order valence-electron chi connectivity index (χ3n) is 2.72. The average molecular weight is 261 g/mol. The zero-order chi connectivity index (χ0) is 12.8. The predicted octanol–water partition coefficient (Wildman–Crippen LogP) is 5.00. The van der Waals surface area contributed by atoms with E-state index < -0.39 is 0 Å². The van der Waals surface area contributed by atoms with Gasteiger partial charge in [0.2, 0.25) is 0 Å². The largest absolute Gasteiger partial charge is 0.207 e. The number of alkyl halides is 1. The lowest BCUT2D eigenvalue weighted by Gasteiger charge is -2.06. The molecule has 0 nitrogen and oxygen atoms in total. The van der Waals surface area contributed by atoms with E-state index >= 15 is 0 Å². The highest BCUT2D eigenvalue weighted by molar-refractivity contribution is 6.18. The summed E-state index contributed by atoms with van der Waals surface area (Å²) >= 11 is 5.84. The third-order valence-corrected chi connectivity index (χ3v) is 2.91. The van der Waals surface area contributed by atoms with E-state index in [0.29, 0.717) is 5.88 Å². The Balaban J connectivity index is 2.33. The smallest absolute Gasteiger partial charge is 0.123 e. The van der Waals surface area contributed by atoms with Crippen molar-refractivity contribution in [3.63, 3.8) is 0 Å².